The van der Waals surface area contributed by atoms with Gasteiger partial charge in [0.25, 0.3) is 5.91 Å². The van der Waals surface area contributed by atoms with Gasteiger partial charge in [-0.25, -0.2) is 0 Å². The summed E-state index contributed by atoms with van der Waals surface area (Å²) in [4.78, 5) is 18.7. The van der Waals surface area contributed by atoms with Gasteiger partial charge in [-0.1, -0.05) is 0 Å². The van der Waals surface area contributed by atoms with E-state index in [2.05, 4.69) is 36.8 Å². The van der Waals surface area contributed by atoms with Crippen LogP contribution in [0.1, 0.15) is 32.9 Å². The van der Waals surface area contributed by atoms with Crippen molar-refractivity contribution in [1.82, 2.24) is 40.3 Å². The number of aromatic nitrogens is 7. The van der Waals surface area contributed by atoms with E-state index in [1.165, 1.54) is 11.0 Å². The molecular weight excluding hydrogens is 322 g/mol. The van der Waals surface area contributed by atoms with Crippen LogP contribution in [0.3, 0.4) is 0 Å². The number of carbonyl (C=O) groups excluding carboxylic acids is 1. The number of aromatic amines is 1. The first kappa shape index (κ1) is 14.9. The molecule has 0 aromatic carbocycles. The van der Waals surface area contributed by atoms with Crippen molar-refractivity contribution in [3.63, 3.8) is 0 Å². The highest BCUT2D eigenvalue weighted by molar-refractivity contribution is 5.92. The average Bonchev–Trinajstić information content (AvgIpc) is 3.32. The van der Waals surface area contributed by atoms with Crippen LogP contribution in [0, 0.1) is 18.3 Å². The van der Waals surface area contributed by atoms with Crippen molar-refractivity contribution in [2.75, 3.05) is 6.54 Å². The molecule has 0 fully saturated rings. The minimum Gasteiger partial charge on any atom is -0.333 e. The zero-order chi connectivity index (χ0) is 17.4. The third-order valence-electron chi connectivity index (χ3n) is 4.24. The van der Waals surface area contributed by atoms with Crippen molar-refractivity contribution in [2.24, 2.45) is 0 Å². The number of rotatable bonds is 2. The van der Waals surface area contributed by atoms with Crippen LogP contribution in [-0.4, -0.2) is 52.7 Å². The third-order valence-corrected chi connectivity index (χ3v) is 4.24. The topological polar surface area (TPSA) is 129 Å². The van der Waals surface area contributed by atoms with Crippen molar-refractivity contribution in [3.05, 3.63) is 46.7 Å². The second-order valence-corrected chi connectivity index (χ2v) is 5.71. The summed E-state index contributed by atoms with van der Waals surface area (Å²) in [7, 11) is 0. The fourth-order valence-corrected chi connectivity index (χ4v) is 2.95. The van der Waals surface area contributed by atoms with Gasteiger partial charge in [0.1, 0.15) is 18.1 Å². The predicted molar refractivity (Wildman–Crippen MR) is 83.4 cm³/mol. The summed E-state index contributed by atoms with van der Waals surface area (Å²) in [6, 6.07) is 3.81. The van der Waals surface area contributed by atoms with E-state index in [9.17, 15) is 10.1 Å². The molecule has 1 aliphatic heterocycles. The Hall–Kier alpha value is -3.61. The van der Waals surface area contributed by atoms with Crippen molar-refractivity contribution in [2.45, 2.75) is 19.9 Å². The number of tetrazole rings is 1. The molecule has 124 valence electrons. The normalized spacial score (nSPS) is 13.4. The lowest BCUT2D eigenvalue weighted by Crippen LogP contribution is -2.36. The maximum atomic E-state index is 12.7. The molecule has 0 atom stereocenters. The molecule has 0 radical (unpaired) electrons. The minimum absolute atomic E-state index is 0.170. The van der Waals surface area contributed by atoms with Crippen molar-refractivity contribution >= 4 is 5.91 Å². The number of hydrogen-bond acceptors (Lipinski definition) is 7. The first-order chi connectivity index (χ1) is 12.2. The Morgan fingerprint density at radius 1 is 1.44 bits per heavy atom. The molecule has 1 aliphatic rings. The quantitative estimate of drug-likeness (QED) is 0.706. The number of amides is 1. The van der Waals surface area contributed by atoms with Crippen LogP contribution in [0.25, 0.3) is 5.82 Å². The molecule has 4 heterocycles. The van der Waals surface area contributed by atoms with E-state index in [0.29, 0.717) is 36.6 Å². The van der Waals surface area contributed by atoms with Crippen LogP contribution in [0.4, 0.5) is 0 Å². The number of hydrogen-bond donors (Lipinski definition) is 1. The molecule has 1 amide bonds. The van der Waals surface area contributed by atoms with E-state index in [0.717, 1.165) is 16.8 Å². The molecule has 3 aromatic heterocycles. The highest BCUT2D eigenvalue weighted by atomic mass is 16.2. The van der Waals surface area contributed by atoms with E-state index in [4.69, 9.17) is 0 Å². The molecule has 10 nitrogen and oxygen atoms in total. The molecule has 0 bridgehead atoms. The monoisotopic (exact) mass is 335 g/mol. The highest BCUT2D eigenvalue weighted by Crippen LogP contribution is 2.24. The largest absolute Gasteiger partial charge is 0.333 e. The Kier molecular flexibility index (Phi) is 3.46. The summed E-state index contributed by atoms with van der Waals surface area (Å²) in [6.07, 6.45) is 3.77. The molecule has 25 heavy (non-hydrogen) atoms. The van der Waals surface area contributed by atoms with E-state index in [-0.39, 0.29) is 5.91 Å². The zero-order valence-corrected chi connectivity index (χ0v) is 13.3. The van der Waals surface area contributed by atoms with Crippen LogP contribution in [-0.2, 0) is 13.0 Å². The lowest BCUT2D eigenvalue weighted by Gasteiger charge is -2.29. The predicted octanol–water partition coefficient (Wildman–Crippen LogP) is 0.159. The number of H-pyrrole nitrogens is 1. The smallest absolute Gasteiger partial charge is 0.272 e. The van der Waals surface area contributed by atoms with Gasteiger partial charge in [-0.15, -0.1) is 5.10 Å². The molecule has 10 heteroatoms. The number of carbonyl (C=O) groups is 1. The van der Waals surface area contributed by atoms with E-state index in [1.54, 1.807) is 17.2 Å². The van der Waals surface area contributed by atoms with Crippen molar-refractivity contribution < 1.29 is 4.79 Å². The number of fused-ring (bicyclic) bond motifs is 1. The summed E-state index contributed by atoms with van der Waals surface area (Å²) in [5.74, 6) is 0.270. The number of pyridine rings is 1. The summed E-state index contributed by atoms with van der Waals surface area (Å²) in [6.45, 7) is 2.76. The van der Waals surface area contributed by atoms with Gasteiger partial charge in [-0.2, -0.15) is 15.0 Å². The second-order valence-electron chi connectivity index (χ2n) is 5.71. The molecule has 0 spiro atoms. The molecule has 0 saturated heterocycles. The van der Waals surface area contributed by atoms with Gasteiger partial charge in [-0.3, -0.25) is 14.9 Å². The second kappa shape index (κ2) is 5.79. The summed E-state index contributed by atoms with van der Waals surface area (Å²) < 4.78 is 1.37. The summed E-state index contributed by atoms with van der Waals surface area (Å²) in [5, 5.41) is 26.9. The van der Waals surface area contributed by atoms with E-state index < -0.39 is 0 Å². The van der Waals surface area contributed by atoms with Gasteiger partial charge >= 0.3 is 0 Å². The SMILES string of the molecule is Cc1ncc2c(c1C#N)CCN(C(=O)c1cc(-n3cnnn3)n[nH]1)C2. The highest BCUT2D eigenvalue weighted by Gasteiger charge is 2.26. The maximum Gasteiger partial charge on any atom is 0.272 e. The lowest BCUT2D eigenvalue weighted by molar-refractivity contribution is 0.0728. The molecule has 4 rings (SSSR count). The number of nitrogens with one attached hydrogen (secondary N) is 1. The van der Waals surface area contributed by atoms with Gasteiger partial charge in [0, 0.05) is 25.4 Å². The molecule has 0 saturated carbocycles. The Bertz CT molecular complexity index is 983. The molecule has 3 aromatic rings. The van der Waals surface area contributed by atoms with Crippen LogP contribution in [0.15, 0.2) is 18.6 Å². The van der Waals surface area contributed by atoms with Gasteiger partial charge in [0.05, 0.1) is 11.3 Å². The molecular formula is C15H13N9O. The van der Waals surface area contributed by atoms with Gasteiger partial charge in [0.2, 0.25) is 0 Å². The van der Waals surface area contributed by atoms with Crippen LogP contribution in [0.2, 0.25) is 0 Å². The Morgan fingerprint density at radius 3 is 3.08 bits per heavy atom. The van der Waals surface area contributed by atoms with Crippen molar-refractivity contribution in [3.8, 4) is 11.9 Å². The van der Waals surface area contributed by atoms with Gasteiger partial charge in [-0.05, 0) is 34.9 Å². The zero-order valence-electron chi connectivity index (χ0n) is 13.3. The first-order valence-electron chi connectivity index (χ1n) is 7.63. The fraction of sp³-hybridized carbons (Fsp3) is 0.267. The standard InChI is InChI=1S/C15H13N9O/c1-9-12(5-16)11-2-3-23(7-10(11)6-17-9)15(25)13-4-14(20-19-13)24-8-18-21-22-24/h4,6,8H,2-3,7H2,1H3,(H,19,20). The Morgan fingerprint density at radius 2 is 2.32 bits per heavy atom. The molecule has 1 N–H and O–H groups in total. The molecule has 0 unspecified atom stereocenters. The number of nitriles is 1. The van der Waals surface area contributed by atoms with E-state index in [1.807, 2.05) is 6.92 Å². The van der Waals surface area contributed by atoms with Gasteiger partial charge in [0.15, 0.2) is 5.82 Å². The van der Waals surface area contributed by atoms with Gasteiger partial charge < -0.3 is 4.90 Å². The van der Waals surface area contributed by atoms with Crippen LogP contribution >= 0.6 is 0 Å². The fourth-order valence-electron chi connectivity index (χ4n) is 2.95. The van der Waals surface area contributed by atoms with E-state index >= 15 is 0 Å². The minimum atomic E-state index is -0.170. The average molecular weight is 335 g/mol. The van der Waals surface area contributed by atoms with Crippen LogP contribution in [0.5, 0.6) is 0 Å². The maximum absolute atomic E-state index is 12.7. The molecule has 0 aliphatic carbocycles. The first-order valence-corrected chi connectivity index (χ1v) is 7.63. The summed E-state index contributed by atoms with van der Waals surface area (Å²) >= 11 is 0. The number of nitrogens with zero attached hydrogens (tertiary/aromatic N) is 8. The third kappa shape index (κ3) is 2.51. The Balaban J connectivity index is 1.58. The summed E-state index contributed by atoms with van der Waals surface area (Å²) in [5.41, 5.74) is 3.59. The lowest BCUT2D eigenvalue weighted by atomic mass is 9.95. The van der Waals surface area contributed by atoms with Crippen molar-refractivity contribution in [1.29, 1.82) is 5.26 Å². The Labute approximate surface area is 142 Å². The van der Waals surface area contributed by atoms with Crippen LogP contribution < -0.4 is 0 Å². The number of aryl methyl sites for hydroxylation is 1.